The molecular weight excluding hydrogens is 266 g/mol. The molecule has 7 heteroatoms. The lowest BCUT2D eigenvalue weighted by Gasteiger charge is -2.20. The molecule has 0 saturated carbocycles. The van der Waals surface area contributed by atoms with Gasteiger partial charge in [-0.3, -0.25) is 4.79 Å². The summed E-state index contributed by atoms with van der Waals surface area (Å²) in [7, 11) is 0. The quantitative estimate of drug-likeness (QED) is 0.771. The van der Waals surface area contributed by atoms with E-state index in [-0.39, 0.29) is 29.5 Å². The van der Waals surface area contributed by atoms with Gasteiger partial charge in [0.1, 0.15) is 5.02 Å². The SMILES string of the molecule is CC1CC(=O)NN=C1c1cc(F)c(O)c(Cl)c1F. The van der Waals surface area contributed by atoms with E-state index >= 15 is 0 Å². The number of hydrogen-bond donors (Lipinski definition) is 2. The van der Waals surface area contributed by atoms with Crippen LogP contribution in [0.2, 0.25) is 5.02 Å². The summed E-state index contributed by atoms with van der Waals surface area (Å²) in [6, 6.07) is 0.809. The van der Waals surface area contributed by atoms with Crippen molar-refractivity contribution in [1.29, 1.82) is 0 Å². The molecule has 1 aliphatic heterocycles. The Labute approximate surface area is 106 Å². The third-order valence-electron chi connectivity index (χ3n) is 2.67. The second-order valence-corrected chi connectivity index (χ2v) is 4.40. The summed E-state index contributed by atoms with van der Waals surface area (Å²) in [6.45, 7) is 1.66. The molecule has 2 rings (SSSR count). The maximum absolute atomic E-state index is 13.8. The van der Waals surface area contributed by atoms with Gasteiger partial charge in [0.05, 0.1) is 5.71 Å². The van der Waals surface area contributed by atoms with Gasteiger partial charge < -0.3 is 5.11 Å². The minimum atomic E-state index is -1.04. The number of aromatic hydroxyl groups is 1. The molecule has 0 fully saturated rings. The van der Waals surface area contributed by atoms with Crippen molar-refractivity contribution < 1.29 is 18.7 Å². The van der Waals surface area contributed by atoms with Gasteiger partial charge in [0.25, 0.3) is 0 Å². The van der Waals surface area contributed by atoms with Gasteiger partial charge in [0.15, 0.2) is 17.4 Å². The topological polar surface area (TPSA) is 61.7 Å². The number of phenols is 1. The lowest BCUT2D eigenvalue weighted by Crippen LogP contribution is -2.32. The number of nitrogens with one attached hydrogen (secondary N) is 1. The molecule has 0 aliphatic carbocycles. The standard InChI is InChI=1S/C11H9ClF2N2O2/c1-4-2-7(17)15-16-10(4)5-3-6(13)11(18)8(12)9(5)14/h3-4,18H,2H2,1H3,(H,15,17). The summed E-state index contributed by atoms with van der Waals surface area (Å²) in [4.78, 5) is 11.1. The van der Waals surface area contributed by atoms with Crippen LogP contribution in [0.25, 0.3) is 0 Å². The average Bonchev–Trinajstić information content (AvgIpc) is 2.32. The van der Waals surface area contributed by atoms with Crippen LogP contribution in [0, 0.1) is 17.6 Å². The van der Waals surface area contributed by atoms with Crippen molar-refractivity contribution in [1.82, 2.24) is 5.43 Å². The van der Waals surface area contributed by atoms with Crippen LogP contribution in [0.5, 0.6) is 5.75 Å². The third-order valence-corrected chi connectivity index (χ3v) is 3.01. The molecule has 1 unspecified atom stereocenters. The summed E-state index contributed by atoms with van der Waals surface area (Å²) in [5.74, 6) is -3.60. The molecule has 96 valence electrons. The summed E-state index contributed by atoms with van der Waals surface area (Å²) in [5.41, 5.74) is 2.22. The largest absolute Gasteiger partial charge is 0.504 e. The fraction of sp³-hybridized carbons (Fsp3) is 0.273. The monoisotopic (exact) mass is 274 g/mol. The first-order valence-corrected chi connectivity index (χ1v) is 5.53. The van der Waals surface area contributed by atoms with Gasteiger partial charge in [0.2, 0.25) is 5.91 Å². The second-order valence-electron chi connectivity index (χ2n) is 4.02. The van der Waals surface area contributed by atoms with E-state index < -0.39 is 22.4 Å². The van der Waals surface area contributed by atoms with Crippen molar-refractivity contribution in [3.8, 4) is 5.75 Å². The van der Waals surface area contributed by atoms with Crippen molar-refractivity contribution in [2.45, 2.75) is 13.3 Å². The predicted molar refractivity (Wildman–Crippen MR) is 61.5 cm³/mol. The van der Waals surface area contributed by atoms with Crippen molar-refractivity contribution >= 4 is 23.2 Å². The van der Waals surface area contributed by atoms with Crippen LogP contribution < -0.4 is 5.43 Å². The first-order valence-electron chi connectivity index (χ1n) is 5.15. The molecule has 1 atom stereocenters. The van der Waals surface area contributed by atoms with Crippen molar-refractivity contribution in [3.63, 3.8) is 0 Å². The molecule has 1 aromatic rings. The molecule has 2 N–H and O–H groups in total. The van der Waals surface area contributed by atoms with E-state index in [0.29, 0.717) is 0 Å². The summed E-state index contributed by atoms with van der Waals surface area (Å²) >= 11 is 5.48. The number of carbonyl (C=O) groups excluding carboxylic acids is 1. The van der Waals surface area contributed by atoms with Gasteiger partial charge >= 0.3 is 0 Å². The lowest BCUT2D eigenvalue weighted by atomic mass is 9.93. The molecule has 4 nitrogen and oxygen atoms in total. The number of hydrogen-bond acceptors (Lipinski definition) is 3. The van der Waals surface area contributed by atoms with E-state index in [0.717, 1.165) is 6.07 Å². The molecule has 0 bridgehead atoms. The van der Waals surface area contributed by atoms with E-state index in [1.807, 2.05) is 0 Å². The zero-order valence-electron chi connectivity index (χ0n) is 9.30. The van der Waals surface area contributed by atoms with Gasteiger partial charge in [-0.05, 0) is 6.07 Å². The number of carbonyl (C=O) groups is 1. The highest BCUT2D eigenvalue weighted by Gasteiger charge is 2.27. The van der Waals surface area contributed by atoms with Crippen LogP contribution in [0.1, 0.15) is 18.9 Å². The van der Waals surface area contributed by atoms with Crippen molar-refractivity contribution in [3.05, 3.63) is 28.3 Å². The van der Waals surface area contributed by atoms with Gasteiger partial charge in [-0.25, -0.2) is 14.2 Å². The molecule has 1 aliphatic rings. The molecule has 1 aromatic carbocycles. The molecule has 0 saturated heterocycles. The Kier molecular flexibility index (Phi) is 3.21. The fourth-order valence-electron chi connectivity index (χ4n) is 1.75. The van der Waals surface area contributed by atoms with E-state index in [2.05, 4.69) is 10.5 Å². The molecular formula is C11H9ClF2N2O2. The Balaban J connectivity index is 2.55. The number of amides is 1. The Morgan fingerprint density at radius 3 is 2.83 bits per heavy atom. The Morgan fingerprint density at radius 1 is 1.56 bits per heavy atom. The number of halogens is 3. The zero-order valence-corrected chi connectivity index (χ0v) is 10.1. The van der Waals surface area contributed by atoms with Crippen LogP contribution in [-0.4, -0.2) is 16.7 Å². The highest BCUT2D eigenvalue weighted by Crippen LogP contribution is 2.33. The Hall–Kier alpha value is -1.69. The maximum Gasteiger partial charge on any atom is 0.240 e. The normalized spacial score (nSPS) is 19.4. The predicted octanol–water partition coefficient (Wildman–Crippen LogP) is 2.18. The number of rotatable bonds is 1. The van der Waals surface area contributed by atoms with Gasteiger partial charge in [-0.15, -0.1) is 0 Å². The van der Waals surface area contributed by atoms with Gasteiger partial charge in [-0.1, -0.05) is 18.5 Å². The summed E-state index contributed by atoms with van der Waals surface area (Å²) in [5, 5.41) is 12.2. The number of phenolic OH excluding ortho intramolecular Hbond substituents is 1. The number of benzene rings is 1. The molecule has 0 aromatic heterocycles. The minimum absolute atomic E-state index is 0.123. The van der Waals surface area contributed by atoms with E-state index in [1.54, 1.807) is 6.92 Å². The first kappa shape index (κ1) is 12.8. The third kappa shape index (κ3) is 2.03. The first-order chi connectivity index (χ1) is 8.41. The van der Waals surface area contributed by atoms with E-state index in [9.17, 15) is 13.6 Å². The highest BCUT2D eigenvalue weighted by molar-refractivity contribution is 6.32. The fourth-order valence-corrected chi connectivity index (χ4v) is 1.94. The Morgan fingerprint density at radius 2 is 2.22 bits per heavy atom. The Bertz CT molecular complexity index is 560. The highest BCUT2D eigenvalue weighted by atomic mass is 35.5. The van der Waals surface area contributed by atoms with E-state index in [4.69, 9.17) is 16.7 Å². The minimum Gasteiger partial charge on any atom is -0.504 e. The number of nitrogens with zero attached hydrogens (tertiary/aromatic N) is 1. The lowest BCUT2D eigenvalue weighted by molar-refractivity contribution is -0.121. The molecule has 1 heterocycles. The molecule has 1 amide bonds. The van der Waals surface area contributed by atoms with E-state index in [1.165, 1.54) is 0 Å². The van der Waals surface area contributed by atoms with Crippen LogP contribution >= 0.6 is 11.6 Å². The smallest absolute Gasteiger partial charge is 0.240 e. The average molecular weight is 275 g/mol. The van der Waals surface area contributed by atoms with Gasteiger partial charge in [0, 0.05) is 17.9 Å². The van der Waals surface area contributed by atoms with Crippen LogP contribution in [0.3, 0.4) is 0 Å². The molecule has 0 radical (unpaired) electrons. The summed E-state index contributed by atoms with van der Waals surface area (Å²) in [6.07, 6.45) is 0.123. The zero-order chi connectivity index (χ0) is 13.4. The maximum atomic E-state index is 13.8. The second kappa shape index (κ2) is 4.53. The number of hydrazone groups is 1. The summed E-state index contributed by atoms with van der Waals surface area (Å²) < 4.78 is 27.2. The van der Waals surface area contributed by atoms with Crippen molar-refractivity contribution in [2.24, 2.45) is 11.0 Å². The molecule has 18 heavy (non-hydrogen) atoms. The van der Waals surface area contributed by atoms with Crippen LogP contribution in [0.15, 0.2) is 11.2 Å². The van der Waals surface area contributed by atoms with Crippen LogP contribution in [-0.2, 0) is 4.79 Å². The van der Waals surface area contributed by atoms with Crippen LogP contribution in [0.4, 0.5) is 8.78 Å². The van der Waals surface area contributed by atoms with Crippen molar-refractivity contribution in [2.75, 3.05) is 0 Å². The van der Waals surface area contributed by atoms with Gasteiger partial charge in [-0.2, -0.15) is 5.10 Å². The molecule has 0 spiro atoms.